The topological polar surface area (TPSA) is 62.7 Å². The van der Waals surface area contributed by atoms with Gasteiger partial charge in [-0.3, -0.25) is 9.20 Å². The average Bonchev–Trinajstić information content (AvgIpc) is 2.30. The average molecular weight is 405 g/mol. The smallest absolute Gasteiger partial charge is 0.191 e. The minimum absolute atomic E-state index is 0. The van der Waals surface area contributed by atoms with E-state index in [1.165, 1.54) is 0 Å². The molecule has 5 nitrogen and oxygen atoms in total. The van der Waals surface area contributed by atoms with Crippen molar-refractivity contribution in [1.82, 2.24) is 10.6 Å². The normalized spacial score (nSPS) is 13.6. The Labute approximate surface area is 136 Å². The summed E-state index contributed by atoms with van der Waals surface area (Å²) in [6, 6.07) is 0. The van der Waals surface area contributed by atoms with Gasteiger partial charge in [0.1, 0.15) is 0 Å². The van der Waals surface area contributed by atoms with Gasteiger partial charge in [-0.25, -0.2) is 0 Å². The van der Waals surface area contributed by atoms with Crippen molar-refractivity contribution < 1.29 is 8.95 Å². The molecule has 0 rings (SSSR count). The fourth-order valence-electron chi connectivity index (χ4n) is 1.17. The Balaban J connectivity index is 0. The standard InChI is InChI=1S/C12H27N3O2S.HI/c1-6-17-9-7-14-11(13-5)15-8-10-18(16)12(2,3)4;/h6-10H2,1-5H3,(H2,13,14,15);1H. The van der Waals surface area contributed by atoms with Crippen molar-refractivity contribution in [3.63, 3.8) is 0 Å². The summed E-state index contributed by atoms with van der Waals surface area (Å²) in [6.07, 6.45) is 0. The van der Waals surface area contributed by atoms with E-state index >= 15 is 0 Å². The van der Waals surface area contributed by atoms with E-state index in [1.807, 2.05) is 27.7 Å². The number of hydrogen-bond acceptors (Lipinski definition) is 3. The van der Waals surface area contributed by atoms with Gasteiger partial charge in [0.2, 0.25) is 0 Å². The zero-order valence-electron chi connectivity index (χ0n) is 12.6. The van der Waals surface area contributed by atoms with Crippen LogP contribution in [0.2, 0.25) is 0 Å². The molecule has 0 aromatic heterocycles. The molecule has 7 heteroatoms. The molecule has 2 N–H and O–H groups in total. The lowest BCUT2D eigenvalue weighted by Gasteiger charge is -2.18. The first-order chi connectivity index (χ1) is 8.41. The minimum Gasteiger partial charge on any atom is -0.380 e. The van der Waals surface area contributed by atoms with Crippen molar-refractivity contribution in [2.45, 2.75) is 32.4 Å². The van der Waals surface area contributed by atoms with E-state index < -0.39 is 10.8 Å². The number of ether oxygens (including phenoxy) is 1. The highest BCUT2D eigenvalue weighted by Gasteiger charge is 2.18. The summed E-state index contributed by atoms with van der Waals surface area (Å²) in [5.41, 5.74) is 0. The zero-order valence-corrected chi connectivity index (χ0v) is 15.8. The van der Waals surface area contributed by atoms with E-state index in [4.69, 9.17) is 4.74 Å². The quantitative estimate of drug-likeness (QED) is 0.291. The third-order valence-corrected chi connectivity index (χ3v) is 4.17. The Morgan fingerprint density at radius 1 is 1.26 bits per heavy atom. The molecular formula is C12H28IN3O2S. The largest absolute Gasteiger partial charge is 0.380 e. The van der Waals surface area contributed by atoms with Crippen LogP contribution in [0.4, 0.5) is 0 Å². The molecule has 0 aromatic carbocycles. The monoisotopic (exact) mass is 405 g/mol. The van der Waals surface area contributed by atoms with Gasteiger partial charge in [-0.2, -0.15) is 0 Å². The number of rotatable bonds is 7. The van der Waals surface area contributed by atoms with Crippen LogP contribution < -0.4 is 10.6 Å². The maximum absolute atomic E-state index is 11.8. The van der Waals surface area contributed by atoms with Crippen molar-refractivity contribution >= 4 is 40.7 Å². The van der Waals surface area contributed by atoms with Crippen molar-refractivity contribution in [2.75, 3.05) is 39.1 Å². The van der Waals surface area contributed by atoms with Gasteiger partial charge in [-0.15, -0.1) is 24.0 Å². The Morgan fingerprint density at radius 3 is 2.32 bits per heavy atom. The summed E-state index contributed by atoms with van der Waals surface area (Å²) >= 11 is 0. The minimum atomic E-state index is -0.834. The summed E-state index contributed by atoms with van der Waals surface area (Å²) in [4.78, 5) is 4.08. The van der Waals surface area contributed by atoms with Gasteiger partial charge in [0.25, 0.3) is 0 Å². The Hall–Kier alpha value is 0.110. The summed E-state index contributed by atoms with van der Waals surface area (Å²) in [5, 5.41) is 6.27. The highest BCUT2D eigenvalue weighted by molar-refractivity contribution is 14.0. The second-order valence-electron chi connectivity index (χ2n) is 4.78. The van der Waals surface area contributed by atoms with Gasteiger partial charge in [0, 0.05) is 48.0 Å². The molecule has 116 valence electrons. The molecule has 0 amide bonds. The Kier molecular flexibility index (Phi) is 13.4. The lowest BCUT2D eigenvalue weighted by molar-refractivity contribution is 0.152. The van der Waals surface area contributed by atoms with Gasteiger partial charge < -0.3 is 15.4 Å². The number of nitrogens with one attached hydrogen (secondary N) is 2. The molecule has 0 aromatic rings. The van der Waals surface area contributed by atoms with Gasteiger partial charge >= 0.3 is 0 Å². The van der Waals surface area contributed by atoms with Crippen molar-refractivity contribution in [2.24, 2.45) is 4.99 Å². The van der Waals surface area contributed by atoms with Crippen LogP contribution in [0.1, 0.15) is 27.7 Å². The molecule has 0 aliphatic heterocycles. The Morgan fingerprint density at radius 2 is 1.84 bits per heavy atom. The SMILES string of the molecule is CCOCCNC(=NC)NCCS(=O)C(C)(C)C.I. The van der Waals surface area contributed by atoms with Crippen LogP contribution in [0.5, 0.6) is 0 Å². The molecule has 0 aliphatic carbocycles. The predicted molar refractivity (Wildman–Crippen MR) is 94.0 cm³/mol. The van der Waals surface area contributed by atoms with Gasteiger partial charge in [0.15, 0.2) is 5.96 Å². The number of hydrogen-bond donors (Lipinski definition) is 2. The predicted octanol–water partition coefficient (Wildman–Crippen LogP) is 1.35. The molecule has 0 fully saturated rings. The van der Waals surface area contributed by atoms with Crippen LogP contribution in [0.25, 0.3) is 0 Å². The van der Waals surface area contributed by atoms with Crippen LogP contribution in [0.3, 0.4) is 0 Å². The van der Waals surface area contributed by atoms with Crippen LogP contribution in [0, 0.1) is 0 Å². The molecule has 0 saturated carbocycles. The highest BCUT2D eigenvalue weighted by Crippen LogP contribution is 2.10. The lowest BCUT2D eigenvalue weighted by atomic mass is 10.3. The van der Waals surface area contributed by atoms with Crippen LogP contribution >= 0.6 is 24.0 Å². The summed E-state index contributed by atoms with van der Waals surface area (Å²) in [7, 11) is 0.885. The number of halogens is 1. The summed E-state index contributed by atoms with van der Waals surface area (Å²) in [6.45, 7) is 10.7. The van der Waals surface area contributed by atoms with E-state index in [0.717, 1.165) is 19.1 Å². The number of aliphatic imine (C=N–C) groups is 1. The van der Waals surface area contributed by atoms with E-state index in [9.17, 15) is 4.21 Å². The lowest BCUT2D eigenvalue weighted by Crippen LogP contribution is -2.41. The van der Waals surface area contributed by atoms with Gasteiger partial charge in [-0.1, -0.05) is 0 Å². The van der Waals surface area contributed by atoms with E-state index in [2.05, 4.69) is 15.6 Å². The summed E-state index contributed by atoms with van der Waals surface area (Å²) in [5.74, 6) is 1.34. The fourth-order valence-corrected chi connectivity index (χ4v) is 2.07. The molecule has 1 atom stereocenters. The van der Waals surface area contributed by atoms with Crippen LogP contribution in [0.15, 0.2) is 4.99 Å². The highest BCUT2D eigenvalue weighted by atomic mass is 127. The van der Waals surface area contributed by atoms with E-state index in [1.54, 1.807) is 7.05 Å². The maximum Gasteiger partial charge on any atom is 0.191 e. The third kappa shape index (κ3) is 11.6. The second-order valence-corrected chi connectivity index (χ2v) is 7.11. The van der Waals surface area contributed by atoms with Crippen LogP contribution in [-0.2, 0) is 15.5 Å². The first-order valence-electron chi connectivity index (χ1n) is 6.32. The van der Waals surface area contributed by atoms with Crippen molar-refractivity contribution in [3.05, 3.63) is 0 Å². The molecule has 19 heavy (non-hydrogen) atoms. The van der Waals surface area contributed by atoms with Crippen LogP contribution in [-0.4, -0.2) is 54.0 Å². The van der Waals surface area contributed by atoms with E-state index in [0.29, 0.717) is 18.9 Å². The first-order valence-corrected chi connectivity index (χ1v) is 7.64. The second kappa shape index (κ2) is 11.9. The fraction of sp³-hybridized carbons (Fsp3) is 0.917. The molecule has 1 unspecified atom stereocenters. The first kappa shape index (κ1) is 21.4. The summed E-state index contributed by atoms with van der Waals surface area (Å²) < 4.78 is 16.9. The van der Waals surface area contributed by atoms with Gasteiger partial charge in [0.05, 0.1) is 6.61 Å². The molecule has 0 saturated heterocycles. The molecule has 0 bridgehead atoms. The number of nitrogens with zero attached hydrogens (tertiary/aromatic N) is 1. The molecule has 0 radical (unpaired) electrons. The molecule has 0 aliphatic rings. The van der Waals surface area contributed by atoms with Crippen molar-refractivity contribution in [1.29, 1.82) is 0 Å². The Bertz CT molecular complexity index is 281. The zero-order chi connectivity index (χ0) is 14.0. The van der Waals surface area contributed by atoms with Gasteiger partial charge in [-0.05, 0) is 27.7 Å². The third-order valence-electron chi connectivity index (χ3n) is 2.23. The molecule has 0 heterocycles. The molecule has 0 spiro atoms. The number of guanidine groups is 1. The maximum atomic E-state index is 11.8. The van der Waals surface area contributed by atoms with E-state index in [-0.39, 0.29) is 28.7 Å². The molecular weight excluding hydrogens is 377 g/mol. The van der Waals surface area contributed by atoms with Crippen molar-refractivity contribution in [3.8, 4) is 0 Å².